The minimum Gasteiger partial charge on any atom is -0.460 e. The van der Waals surface area contributed by atoms with E-state index in [9.17, 15) is 27.6 Å². The second-order valence-electron chi connectivity index (χ2n) is 10.0. The summed E-state index contributed by atoms with van der Waals surface area (Å²) in [5.74, 6) is -1.52. The van der Waals surface area contributed by atoms with Crippen molar-refractivity contribution in [2.24, 2.45) is 11.8 Å². The highest BCUT2D eigenvalue weighted by atomic mass is 32.2. The quantitative estimate of drug-likeness (QED) is 0.171. The summed E-state index contributed by atoms with van der Waals surface area (Å²) in [5, 5.41) is 0. The molecule has 1 heterocycles. The molecular weight excluding hydrogens is 547 g/mol. The average molecular weight is 585 g/mol. The number of anilines is 1. The fourth-order valence-electron chi connectivity index (χ4n) is 4.42. The van der Waals surface area contributed by atoms with E-state index in [0.29, 0.717) is 18.7 Å². The van der Waals surface area contributed by atoms with Gasteiger partial charge in [-0.05, 0) is 42.2 Å². The molecular formula is C26H37N2O9PS. The van der Waals surface area contributed by atoms with Crippen LogP contribution in [0.25, 0.3) is 0 Å². The number of phosphoric ester groups is 1. The van der Waals surface area contributed by atoms with Gasteiger partial charge in [-0.3, -0.25) is 9.32 Å². The number of nitrogen functional groups attached to an aromatic ring is 1. The molecule has 1 aliphatic heterocycles. The molecule has 0 aliphatic carbocycles. The molecule has 39 heavy (non-hydrogen) atoms. The van der Waals surface area contributed by atoms with E-state index in [1.807, 2.05) is 32.0 Å². The Bertz CT molecular complexity index is 1210. The number of esters is 1. The zero-order chi connectivity index (χ0) is 28.6. The SMILES string of the molecule is CC(C)CN(C[C@@H](OP(=O)(O)O)[C@@H](CC(=O)O[C@H]1CCOC1)Cc1ccccc1)S(=O)(=O)c1ccc(N)cc1. The maximum atomic E-state index is 13.6. The molecule has 0 amide bonds. The smallest absolute Gasteiger partial charge is 0.460 e. The Hall–Kier alpha value is -2.31. The van der Waals surface area contributed by atoms with Gasteiger partial charge in [0.25, 0.3) is 0 Å². The predicted octanol–water partition coefficient (Wildman–Crippen LogP) is 2.97. The van der Waals surface area contributed by atoms with E-state index in [1.54, 1.807) is 12.1 Å². The Labute approximate surface area is 229 Å². The van der Waals surface area contributed by atoms with Gasteiger partial charge in [-0.25, -0.2) is 13.0 Å². The number of nitrogens with two attached hydrogens (primary N) is 1. The lowest BCUT2D eigenvalue weighted by atomic mass is 9.90. The number of hydrogen-bond donors (Lipinski definition) is 3. The van der Waals surface area contributed by atoms with Crippen LogP contribution in [0, 0.1) is 11.8 Å². The fourth-order valence-corrected chi connectivity index (χ4v) is 6.63. The number of hydrogen-bond acceptors (Lipinski definition) is 8. The van der Waals surface area contributed by atoms with Crippen molar-refractivity contribution in [2.75, 3.05) is 32.0 Å². The van der Waals surface area contributed by atoms with Crippen molar-refractivity contribution < 1.29 is 41.6 Å². The molecule has 1 aliphatic rings. The van der Waals surface area contributed by atoms with E-state index in [-0.39, 0.29) is 36.8 Å². The van der Waals surface area contributed by atoms with Gasteiger partial charge >= 0.3 is 13.8 Å². The topological polar surface area (TPSA) is 166 Å². The molecule has 3 rings (SSSR count). The molecule has 2 aromatic carbocycles. The van der Waals surface area contributed by atoms with Crippen LogP contribution in [-0.2, 0) is 39.8 Å². The van der Waals surface area contributed by atoms with Crippen LogP contribution in [-0.4, -0.2) is 67.0 Å². The Morgan fingerprint density at radius 2 is 1.79 bits per heavy atom. The van der Waals surface area contributed by atoms with Gasteiger partial charge in [0.05, 0.1) is 30.6 Å². The first-order chi connectivity index (χ1) is 18.3. The van der Waals surface area contributed by atoms with E-state index in [2.05, 4.69) is 0 Å². The molecule has 1 fully saturated rings. The summed E-state index contributed by atoms with van der Waals surface area (Å²) in [4.78, 5) is 32.5. The maximum absolute atomic E-state index is 13.6. The zero-order valence-electron chi connectivity index (χ0n) is 22.1. The minimum absolute atomic E-state index is 0.0208. The monoisotopic (exact) mass is 584 g/mol. The van der Waals surface area contributed by atoms with E-state index in [1.165, 1.54) is 24.3 Å². The summed E-state index contributed by atoms with van der Waals surface area (Å²) in [6, 6.07) is 14.7. The van der Waals surface area contributed by atoms with Crippen LogP contribution >= 0.6 is 7.82 Å². The summed E-state index contributed by atoms with van der Waals surface area (Å²) in [6.07, 6.45) is -1.23. The van der Waals surface area contributed by atoms with Crippen LogP contribution in [0.4, 0.5) is 5.69 Å². The average Bonchev–Trinajstić information content (AvgIpc) is 3.35. The van der Waals surface area contributed by atoms with Crippen molar-refractivity contribution in [3.8, 4) is 0 Å². The van der Waals surface area contributed by atoms with E-state index in [0.717, 1.165) is 9.87 Å². The largest absolute Gasteiger partial charge is 0.469 e. The molecule has 1 saturated heterocycles. The Kier molecular flexibility index (Phi) is 11.1. The van der Waals surface area contributed by atoms with Gasteiger partial charge in [-0.1, -0.05) is 44.2 Å². The highest BCUT2D eigenvalue weighted by Gasteiger charge is 2.37. The van der Waals surface area contributed by atoms with Gasteiger partial charge in [-0.15, -0.1) is 0 Å². The van der Waals surface area contributed by atoms with Crippen LogP contribution in [0.15, 0.2) is 59.5 Å². The standard InChI is InChI=1S/C26H37N2O9PS/c1-19(2)16-28(39(33,34)24-10-8-22(27)9-11-24)17-25(37-38(30,31)32)21(14-20-6-4-3-5-7-20)15-26(29)36-23-12-13-35-18-23/h3-11,19,21,23,25H,12-18,27H2,1-2H3,(H2,30,31,32)/t21-,23+,25-/m1/s1. The van der Waals surface area contributed by atoms with E-state index < -0.39 is 48.5 Å². The Morgan fingerprint density at radius 3 is 2.36 bits per heavy atom. The summed E-state index contributed by atoms with van der Waals surface area (Å²) in [7, 11) is -9.19. The highest BCUT2D eigenvalue weighted by Crippen LogP contribution is 2.41. The first-order valence-electron chi connectivity index (χ1n) is 12.7. The van der Waals surface area contributed by atoms with Gasteiger partial charge in [0.2, 0.25) is 10.0 Å². The number of benzene rings is 2. The Balaban J connectivity index is 1.96. The first-order valence-corrected chi connectivity index (χ1v) is 15.7. The fraction of sp³-hybridized carbons (Fsp3) is 0.500. The molecule has 0 aromatic heterocycles. The van der Waals surface area contributed by atoms with Crippen LogP contribution in [0.1, 0.15) is 32.3 Å². The van der Waals surface area contributed by atoms with Crippen LogP contribution in [0.5, 0.6) is 0 Å². The summed E-state index contributed by atoms with van der Waals surface area (Å²) in [5.41, 5.74) is 6.91. The number of nitrogens with zero attached hydrogens (tertiary/aromatic N) is 1. The van der Waals surface area contributed by atoms with Gasteiger partial charge in [0.15, 0.2) is 0 Å². The summed E-state index contributed by atoms with van der Waals surface area (Å²) < 4.78 is 56.5. The van der Waals surface area contributed by atoms with Crippen molar-refractivity contribution in [3.63, 3.8) is 0 Å². The molecule has 3 atom stereocenters. The number of rotatable bonds is 14. The Morgan fingerprint density at radius 1 is 1.13 bits per heavy atom. The predicted molar refractivity (Wildman–Crippen MR) is 145 cm³/mol. The molecule has 0 saturated carbocycles. The van der Waals surface area contributed by atoms with Crippen LogP contribution in [0.3, 0.4) is 0 Å². The van der Waals surface area contributed by atoms with Crippen molar-refractivity contribution in [1.29, 1.82) is 0 Å². The lowest BCUT2D eigenvalue weighted by Gasteiger charge is -2.33. The molecule has 13 heteroatoms. The van der Waals surface area contributed by atoms with Crippen LogP contribution in [0.2, 0.25) is 0 Å². The molecule has 0 spiro atoms. The molecule has 0 unspecified atom stereocenters. The molecule has 0 bridgehead atoms. The minimum atomic E-state index is -5.08. The normalized spacial score (nSPS) is 17.8. The lowest BCUT2D eigenvalue weighted by molar-refractivity contribution is -0.151. The van der Waals surface area contributed by atoms with Crippen molar-refractivity contribution in [1.82, 2.24) is 4.31 Å². The maximum Gasteiger partial charge on any atom is 0.469 e. The number of sulfonamides is 1. The second kappa shape index (κ2) is 13.8. The van der Waals surface area contributed by atoms with Gasteiger partial charge in [0.1, 0.15) is 6.10 Å². The lowest BCUT2D eigenvalue weighted by Crippen LogP contribution is -2.44. The number of phosphoric acid groups is 1. The van der Waals surface area contributed by atoms with Gasteiger partial charge < -0.3 is 25.0 Å². The highest BCUT2D eigenvalue weighted by molar-refractivity contribution is 7.89. The van der Waals surface area contributed by atoms with Crippen LogP contribution < -0.4 is 5.73 Å². The van der Waals surface area contributed by atoms with E-state index >= 15 is 0 Å². The zero-order valence-corrected chi connectivity index (χ0v) is 23.8. The molecule has 4 N–H and O–H groups in total. The first kappa shape index (κ1) is 31.2. The van der Waals surface area contributed by atoms with Gasteiger partial charge in [-0.2, -0.15) is 4.31 Å². The van der Waals surface area contributed by atoms with Gasteiger partial charge in [0, 0.05) is 31.1 Å². The third kappa shape index (κ3) is 9.99. The van der Waals surface area contributed by atoms with Crippen molar-refractivity contribution in [3.05, 3.63) is 60.2 Å². The molecule has 11 nitrogen and oxygen atoms in total. The third-order valence-electron chi connectivity index (χ3n) is 6.22. The molecule has 0 radical (unpaired) electrons. The van der Waals surface area contributed by atoms with E-state index in [4.69, 9.17) is 19.7 Å². The number of carbonyl (C=O) groups excluding carboxylic acids is 1. The summed E-state index contributed by atoms with van der Waals surface area (Å²) in [6.45, 7) is 4.06. The second-order valence-corrected chi connectivity index (χ2v) is 13.2. The van der Waals surface area contributed by atoms with Crippen molar-refractivity contribution in [2.45, 2.75) is 50.2 Å². The number of ether oxygens (including phenoxy) is 2. The molecule has 216 valence electrons. The van der Waals surface area contributed by atoms with Crippen molar-refractivity contribution >= 4 is 29.5 Å². The third-order valence-corrected chi connectivity index (χ3v) is 8.62. The number of carbonyl (C=O) groups is 1. The summed E-state index contributed by atoms with van der Waals surface area (Å²) >= 11 is 0. The molecule has 2 aromatic rings.